The molecule has 0 aromatic heterocycles. The second kappa shape index (κ2) is 5.31. The normalized spacial score (nSPS) is 29.0. The SMILES string of the molecule is CC1(CNCCCC2CCCO2)CCC1. The van der Waals surface area contributed by atoms with Crippen molar-refractivity contribution in [2.24, 2.45) is 5.41 Å². The molecule has 0 spiro atoms. The fourth-order valence-electron chi connectivity index (χ4n) is 2.67. The van der Waals surface area contributed by atoms with Gasteiger partial charge in [0.05, 0.1) is 6.10 Å². The van der Waals surface area contributed by atoms with Gasteiger partial charge in [0.25, 0.3) is 0 Å². The van der Waals surface area contributed by atoms with Crippen LogP contribution in [0.5, 0.6) is 0 Å². The molecule has 2 fully saturated rings. The Morgan fingerprint density at radius 1 is 1.33 bits per heavy atom. The number of nitrogens with one attached hydrogen (secondary N) is 1. The smallest absolute Gasteiger partial charge is 0.0576 e. The second-order valence-electron chi connectivity index (χ2n) is 5.62. The molecule has 1 saturated heterocycles. The zero-order valence-electron chi connectivity index (χ0n) is 10.1. The van der Waals surface area contributed by atoms with Crippen LogP contribution < -0.4 is 5.32 Å². The van der Waals surface area contributed by atoms with Crippen LogP contribution in [0.1, 0.15) is 51.9 Å². The van der Waals surface area contributed by atoms with Gasteiger partial charge in [-0.1, -0.05) is 13.3 Å². The minimum Gasteiger partial charge on any atom is -0.378 e. The minimum atomic E-state index is 0.575. The van der Waals surface area contributed by atoms with Crippen molar-refractivity contribution in [1.29, 1.82) is 0 Å². The van der Waals surface area contributed by atoms with Crippen LogP contribution in [0.4, 0.5) is 0 Å². The first-order valence-corrected chi connectivity index (χ1v) is 6.61. The standard InChI is InChI=1S/C13H25NO/c1-13(7-4-8-13)11-14-9-2-5-12-6-3-10-15-12/h12,14H,2-11H2,1H3. The molecule has 0 aromatic rings. The Kier molecular flexibility index (Phi) is 4.04. The first-order chi connectivity index (χ1) is 7.29. The molecule has 1 saturated carbocycles. The molecule has 2 aliphatic rings. The molecule has 0 bridgehead atoms. The van der Waals surface area contributed by atoms with E-state index in [2.05, 4.69) is 12.2 Å². The van der Waals surface area contributed by atoms with Crippen LogP contribution in [0.25, 0.3) is 0 Å². The molecule has 0 amide bonds. The maximum absolute atomic E-state index is 5.60. The predicted octanol–water partition coefficient (Wildman–Crippen LogP) is 2.73. The Hall–Kier alpha value is -0.0800. The van der Waals surface area contributed by atoms with Crippen molar-refractivity contribution >= 4 is 0 Å². The maximum atomic E-state index is 5.60. The molecule has 0 radical (unpaired) electrons. The lowest BCUT2D eigenvalue weighted by Crippen LogP contribution is -2.37. The van der Waals surface area contributed by atoms with Crippen LogP contribution in [-0.4, -0.2) is 25.8 Å². The van der Waals surface area contributed by atoms with E-state index >= 15 is 0 Å². The molecule has 2 heteroatoms. The van der Waals surface area contributed by atoms with E-state index in [-0.39, 0.29) is 0 Å². The van der Waals surface area contributed by atoms with Crippen molar-refractivity contribution in [1.82, 2.24) is 5.32 Å². The minimum absolute atomic E-state index is 0.575. The molecule has 1 aliphatic carbocycles. The summed E-state index contributed by atoms with van der Waals surface area (Å²) in [4.78, 5) is 0. The summed E-state index contributed by atoms with van der Waals surface area (Å²) < 4.78 is 5.60. The van der Waals surface area contributed by atoms with E-state index in [1.807, 2.05) is 0 Å². The quantitative estimate of drug-likeness (QED) is 0.682. The molecule has 2 nitrogen and oxygen atoms in total. The van der Waals surface area contributed by atoms with Gasteiger partial charge in [0.1, 0.15) is 0 Å². The Morgan fingerprint density at radius 2 is 2.20 bits per heavy atom. The lowest BCUT2D eigenvalue weighted by atomic mass is 9.70. The average Bonchev–Trinajstić information content (AvgIpc) is 2.67. The summed E-state index contributed by atoms with van der Waals surface area (Å²) in [6.45, 7) is 5.80. The van der Waals surface area contributed by atoms with Crippen molar-refractivity contribution in [3.8, 4) is 0 Å². The van der Waals surface area contributed by atoms with Gasteiger partial charge in [-0.15, -0.1) is 0 Å². The zero-order chi connectivity index (χ0) is 10.6. The molecule has 0 aromatic carbocycles. The zero-order valence-corrected chi connectivity index (χ0v) is 10.1. The molecule has 1 N–H and O–H groups in total. The van der Waals surface area contributed by atoms with E-state index in [0.29, 0.717) is 11.5 Å². The van der Waals surface area contributed by atoms with Gasteiger partial charge in [-0.2, -0.15) is 0 Å². The fourth-order valence-corrected chi connectivity index (χ4v) is 2.67. The van der Waals surface area contributed by atoms with E-state index in [1.165, 1.54) is 58.0 Å². The molecule has 1 atom stereocenters. The van der Waals surface area contributed by atoms with E-state index in [0.717, 1.165) is 6.61 Å². The summed E-state index contributed by atoms with van der Waals surface area (Å²) in [5, 5.41) is 3.60. The van der Waals surface area contributed by atoms with Crippen molar-refractivity contribution in [2.45, 2.75) is 58.0 Å². The molecule has 1 heterocycles. The predicted molar refractivity (Wildman–Crippen MR) is 63.0 cm³/mol. The van der Waals surface area contributed by atoms with Gasteiger partial charge >= 0.3 is 0 Å². The summed E-state index contributed by atoms with van der Waals surface area (Å²) in [7, 11) is 0. The van der Waals surface area contributed by atoms with Crippen molar-refractivity contribution in [2.75, 3.05) is 19.7 Å². The van der Waals surface area contributed by atoms with Crippen molar-refractivity contribution < 1.29 is 4.74 Å². The summed E-state index contributed by atoms with van der Waals surface area (Å²) in [6.07, 6.45) is 9.95. The number of hydrogen-bond acceptors (Lipinski definition) is 2. The number of hydrogen-bond donors (Lipinski definition) is 1. The van der Waals surface area contributed by atoms with Crippen LogP contribution in [0, 0.1) is 5.41 Å². The molecular weight excluding hydrogens is 186 g/mol. The Labute approximate surface area is 93.8 Å². The van der Waals surface area contributed by atoms with Gasteiger partial charge in [-0.25, -0.2) is 0 Å². The second-order valence-corrected chi connectivity index (χ2v) is 5.62. The van der Waals surface area contributed by atoms with Crippen LogP contribution in [0.15, 0.2) is 0 Å². The van der Waals surface area contributed by atoms with Gasteiger partial charge < -0.3 is 10.1 Å². The first kappa shape index (κ1) is 11.4. The van der Waals surface area contributed by atoms with Gasteiger partial charge in [0.15, 0.2) is 0 Å². The highest BCUT2D eigenvalue weighted by atomic mass is 16.5. The highest BCUT2D eigenvalue weighted by Crippen LogP contribution is 2.39. The lowest BCUT2D eigenvalue weighted by molar-refractivity contribution is 0.101. The summed E-state index contributed by atoms with van der Waals surface area (Å²) in [6, 6.07) is 0. The summed E-state index contributed by atoms with van der Waals surface area (Å²) >= 11 is 0. The van der Waals surface area contributed by atoms with Crippen molar-refractivity contribution in [3.63, 3.8) is 0 Å². The topological polar surface area (TPSA) is 21.3 Å². The Bertz CT molecular complexity index is 183. The highest BCUT2D eigenvalue weighted by Gasteiger charge is 2.30. The van der Waals surface area contributed by atoms with Gasteiger partial charge in [-0.05, 0) is 50.5 Å². The number of rotatable bonds is 6. The van der Waals surface area contributed by atoms with Crippen LogP contribution >= 0.6 is 0 Å². The third kappa shape index (κ3) is 3.46. The van der Waals surface area contributed by atoms with E-state index in [4.69, 9.17) is 4.74 Å². The monoisotopic (exact) mass is 211 g/mol. The van der Waals surface area contributed by atoms with Gasteiger partial charge in [0, 0.05) is 13.2 Å². The lowest BCUT2D eigenvalue weighted by Gasteiger charge is -2.38. The third-order valence-corrected chi connectivity index (χ3v) is 4.02. The highest BCUT2D eigenvalue weighted by molar-refractivity contribution is 4.85. The van der Waals surface area contributed by atoms with E-state index in [9.17, 15) is 0 Å². The molecule has 15 heavy (non-hydrogen) atoms. The third-order valence-electron chi connectivity index (χ3n) is 4.02. The van der Waals surface area contributed by atoms with Crippen LogP contribution in [0.2, 0.25) is 0 Å². The maximum Gasteiger partial charge on any atom is 0.0576 e. The van der Waals surface area contributed by atoms with E-state index < -0.39 is 0 Å². The molecule has 1 aliphatic heterocycles. The van der Waals surface area contributed by atoms with Gasteiger partial charge in [0.2, 0.25) is 0 Å². The summed E-state index contributed by atoms with van der Waals surface area (Å²) in [5.74, 6) is 0. The molecular formula is C13H25NO. The molecule has 1 unspecified atom stereocenters. The van der Waals surface area contributed by atoms with Crippen LogP contribution in [-0.2, 0) is 4.74 Å². The average molecular weight is 211 g/mol. The fraction of sp³-hybridized carbons (Fsp3) is 1.00. The largest absolute Gasteiger partial charge is 0.378 e. The Morgan fingerprint density at radius 3 is 2.80 bits per heavy atom. The number of ether oxygens (including phenoxy) is 1. The molecule has 2 rings (SSSR count). The van der Waals surface area contributed by atoms with Gasteiger partial charge in [-0.3, -0.25) is 0 Å². The van der Waals surface area contributed by atoms with E-state index in [1.54, 1.807) is 0 Å². The molecule has 88 valence electrons. The van der Waals surface area contributed by atoms with Crippen molar-refractivity contribution in [3.05, 3.63) is 0 Å². The van der Waals surface area contributed by atoms with Crippen LogP contribution in [0.3, 0.4) is 0 Å². The first-order valence-electron chi connectivity index (χ1n) is 6.61. The summed E-state index contributed by atoms with van der Waals surface area (Å²) in [5.41, 5.74) is 0.629. The Balaban J connectivity index is 1.44.